The first-order chi connectivity index (χ1) is 10.3. The topological polar surface area (TPSA) is 78.3 Å². The minimum Gasteiger partial charge on any atom is -0.377 e. The van der Waals surface area contributed by atoms with E-state index in [2.05, 4.69) is 27.4 Å². The van der Waals surface area contributed by atoms with E-state index < -0.39 is 0 Å². The number of hydrogen-bond acceptors (Lipinski definition) is 6. The summed E-state index contributed by atoms with van der Waals surface area (Å²) in [6, 6.07) is 10.2. The highest BCUT2D eigenvalue weighted by Gasteiger charge is 2.13. The second kappa shape index (κ2) is 6.30. The third-order valence-electron chi connectivity index (χ3n) is 3.27. The van der Waals surface area contributed by atoms with E-state index in [1.807, 2.05) is 18.2 Å². The number of nitrogens with two attached hydrogens (primary N) is 1. The Balaban J connectivity index is 1.68. The highest BCUT2D eigenvalue weighted by molar-refractivity contribution is 7.16. The molecule has 3 aromatic rings. The number of aryl methyl sites for hydroxylation is 1. The van der Waals surface area contributed by atoms with Crippen LogP contribution in [0.4, 0.5) is 0 Å². The predicted octanol–water partition coefficient (Wildman–Crippen LogP) is 1.96. The molecular weight excluding hydrogens is 286 g/mol. The van der Waals surface area contributed by atoms with Crippen LogP contribution < -0.4 is 5.73 Å². The number of aromatic nitrogens is 4. The van der Waals surface area contributed by atoms with Crippen molar-refractivity contribution in [3.05, 3.63) is 46.7 Å². The van der Waals surface area contributed by atoms with Gasteiger partial charge < -0.3 is 10.5 Å². The highest BCUT2D eigenvalue weighted by Crippen LogP contribution is 2.20. The van der Waals surface area contributed by atoms with E-state index in [0.717, 1.165) is 34.2 Å². The van der Waals surface area contributed by atoms with Gasteiger partial charge in [-0.3, -0.25) is 0 Å². The van der Waals surface area contributed by atoms with Crippen LogP contribution in [0.3, 0.4) is 0 Å². The number of rotatable bonds is 6. The number of ether oxygens (including phenoxy) is 1. The fraction of sp³-hybridized carbons (Fsp3) is 0.357. The molecule has 21 heavy (non-hydrogen) atoms. The lowest BCUT2D eigenvalue weighted by molar-refractivity contribution is 0.176. The Hall–Kier alpha value is -1.83. The van der Waals surface area contributed by atoms with Crippen molar-refractivity contribution in [3.8, 4) is 0 Å². The summed E-state index contributed by atoms with van der Waals surface area (Å²) < 4.78 is 6.83. The van der Waals surface area contributed by atoms with Crippen molar-refractivity contribution in [3.63, 3.8) is 0 Å². The molecule has 110 valence electrons. The van der Waals surface area contributed by atoms with Crippen molar-refractivity contribution >= 4 is 16.3 Å². The Morgan fingerprint density at radius 3 is 2.86 bits per heavy atom. The molecule has 0 saturated carbocycles. The van der Waals surface area contributed by atoms with Gasteiger partial charge in [0.25, 0.3) is 0 Å². The zero-order valence-electron chi connectivity index (χ0n) is 11.8. The Labute approximate surface area is 126 Å². The van der Waals surface area contributed by atoms with E-state index in [-0.39, 0.29) is 6.04 Å². The first kappa shape index (κ1) is 14.1. The number of hydrogen-bond donors (Lipinski definition) is 1. The van der Waals surface area contributed by atoms with Crippen molar-refractivity contribution in [2.75, 3.05) is 7.11 Å². The van der Waals surface area contributed by atoms with Crippen LogP contribution in [0, 0.1) is 0 Å². The lowest BCUT2D eigenvalue weighted by atomic mass is 10.0. The molecule has 0 radical (unpaired) electrons. The van der Waals surface area contributed by atoms with Gasteiger partial charge in [0, 0.05) is 19.6 Å². The van der Waals surface area contributed by atoms with E-state index in [1.165, 1.54) is 0 Å². The average molecular weight is 303 g/mol. The largest absolute Gasteiger partial charge is 0.377 e. The van der Waals surface area contributed by atoms with Gasteiger partial charge in [-0.15, -0.1) is 10.2 Å². The van der Waals surface area contributed by atoms with Gasteiger partial charge in [0.2, 0.25) is 4.96 Å². The molecule has 0 fully saturated rings. The number of methoxy groups -OCH3 is 1. The minimum absolute atomic E-state index is 0.0268. The normalized spacial score (nSPS) is 12.9. The van der Waals surface area contributed by atoms with Crippen LogP contribution in [0.15, 0.2) is 30.3 Å². The van der Waals surface area contributed by atoms with Crippen LogP contribution in [-0.4, -0.2) is 26.9 Å². The highest BCUT2D eigenvalue weighted by atomic mass is 32.1. The molecule has 2 aromatic heterocycles. The van der Waals surface area contributed by atoms with Crippen LogP contribution in [0.5, 0.6) is 0 Å². The van der Waals surface area contributed by atoms with E-state index in [1.54, 1.807) is 23.0 Å². The standard InChI is InChI=1S/C14H17N5OS/c1-20-9-12-16-17-14-19(12)18-13(21-14)8-7-11(15)10-5-3-2-4-6-10/h2-6,11H,7-9,15H2,1H3. The van der Waals surface area contributed by atoms with Gasteiger partial charge in [0.05, 0.1) is 0 Å². The molecule has 0 amide bonds. The quantitative estimate of drug-likeness (QED) is 0.753. The number of benzene rings is 1. The average Bonchev–Trinajstić information content (AvgIpc) is 3.08. The second-order valence-corrected chi connectivity index (χ2v) is 5.84. The molecule has 2 heterocycles. The lowest BCUT2D eigenvalue weighted by Crippen LogP contribution is -2.11. The molecule has 0 spiro atoms. The smallest absolute Gasteiger partial charge is 0.234 e. The maximum atomic E-state index is 6.21. The monoisotopic (exact) mass is 303 g/mol. The van der Waals surface area contributed by atoms with E-state index in [9.17, 15) is 0 Å². The summed E-state index contributed by atoms with van der Waals surface area (Å²) in [5.74, 6) is 0.724. The summed E-state index contributed by atoms with van der Waals surface area (Å²) in [5.41, 5.74) is 7.37. The Morgan fingerprint density at radius 1 is 1.29 bits per heavy atom. The molecule has 0 aliphatic carbocycles. The van der Waals surface area contributed by atoms with Crippen LogP contribution in [0.1, 0.15) is 28.9 Å². The third-order valence-corrected chi connectivity index (χ3v) is 4.23. The van der Waals surface area contributed by atoms with Crippen molar-refractivity contribution in [2.24, 2.45) is 5.73 Å². The molecule has 1 atom stereocenters. The predicted molar refractivity (Wildman–Crippen MR) is 81.1 cm³/mol. The van der Waals surface area contributed by atoms with Gasteiger partial charge >= 0.3 is 0 Å². The van der Waals surface area contributed by atoms with E-state index >= 15 is 0 Å². The zero-order chi connectivity index (χ0) is 14.7. The molecule has 0 bridgehead atoms. The summed E-state index contributed by atoms with van der Waals surface area (Å²) in [6.07, 6.45) is 1.68. The first-order valence-corrected chi connectivity index (χ1v) is 7.59. The van der Waals surface area contributed by atoms with E-state index in [4.69, 9.17) is 10.5 Å². The molecule has 0 aliphatic rings. The summed E-state index contributed by atoms with van der Waals surface area (Å²) in [6.45, 7) is 0.411. The molecule has 3 rings (SSSR count). The van der Waals surface area contributed by atoms with Gasteiger partial charge in [-0.25, -0.2) is 0 Å². The van der Waals surface area contributed by atoms with Crippen molar-refractivity contribution < 1.29 is 4.74 Å². The summed E-state index contributed by atoms with van der Waals surface area (Å²) >= 11 is 1.55. The van der Waals surface area contributed by atoms with Crippen LogP contribution in [-0.2, 0) is 17.8 Å². The fourth-order valence-electron chi connectivity index (χ4n) is 2.16. The SMILES string of the molecule is COCc1nnc2sc(CCC(N)c3ccccc3)nn12. The fourth-order valence-corrected chi connectivity index (χ4v) is 3.03. The summed E-state index contributed by atoms with van der Waals surface area (Å²) in [4.78, 5) is 0.797. The molecular formula is C14H17N5OS. The third kappa shape index (κ3) is 3.10. The first-order valence-electron chi connectivity index (χ1n) is 6.77. The maximum Gasteiger partial charge on any atom is 0.234 e. The molecule has 0 saturated heterocycles. The summed E-state index contributed by atoms with van der Waals surface area (Å²) in [7, 11) is 1.63. The molecule has 6 nitrogen and oxygen atoms in total. The van der Waals surface area contributed by atoms with E-state index in [0.29, 0.717) is 6.61 Å². The van der Waals surface area contributed by atoms with Crippen molar-refractivity contribution in [1.29, 1.82) is 0 Å². The molecule has 1 aromatic carbocycles. The second-order valence-electron chi connectivity index (χ2n) is 4.80. The van der Waals surface area contributed by atoms with Crippen molar-refractivity contribution in [2.45, 2.75) is 25.5 Å². The number of fused-ring (bicyclic) bond motifs is 1. The lowest BCUT2D eigenvalue weighted by Gasteiger charge is -2.10. The van der Waals surface area contributed by atoms with Gasteiger partial charge in [0.15, 0.2) is 5.82 Å². The minimum atomic E-state index is 0.0268. The maximum absolute atomic E-state index is 6.21. The zero-order valence-corrected chi connectivity index (χ0v) is 12.6. The summed E-state index contributed by atoms with van der Waals surface area (Å²) in [5, 5.41) is 13.7. The van der Waals surface area contributed by atoms with Crippen LogP contribution in [0.25, 0.3) is 4.96 Å². The molecule has 0 aliphatic heterocycles. The van der Waals surface area contributed by atoms with Gasteiger partial charge in [-0.2, -0.15) is 9.61 Å². The van der Waals surface area contributed by atoms with Crippen molar-refractivity contribution in [1.82, 2.24) is 19.8 Å². The molecule has 1 unspecified atom stereocenters. The molecule has 7 heteroatoms. The van der Waals surface area contributed by atoms with Crippen LogP contribution in [0.2, 0.25) is 0 Å². The van der Waals surface area contributed by atoms with Gasteiger partial charge in [-0.05, 0) is 12.0 Å². The van der Waals surface area contributed by atoms with Gasteiger partial charge in [-0.1, -0.05) is 41.7 Å². The van der Waals surface area contributed by atoms with Gasteiger partial charge in [0.1, 0.15) is 11.6 Å². The Bertz CT molecular complexity index is 709. The molecule has 2 N–H and O–H groups in total. The number of nitrogens with zero attached hydrogens (tertiary/aromatic N) is 4. The van der Waals surface area contributed by atoms with Crippen LogP contribution >= 0.6 is 11.3 Å². The Kier molecular flexibility index (Phi) is 4.23. The Morgan fingerprint density at radius 2 is 2.10 bits per heavy atom.